The van der Waals surface area contributed by atoms with Gasteiger partial charge in [0.05, 0.1) is 11.5 Å². The van der Waals surface area contributed by atoms with Gasteiger partial charge in [-0.2, -0.15) is 0 Å². The van der Waals surface area contributed by atoms with E-state index < -0.39 is 17.5 Å². The monoisotopic (exact) mass is 188 g/mol. The highest BCUT2D eigenvalue weighted by Gasteiger charge is 2.36. The van der Waals surface area contributed by atoms with Crippen molar-refractivity contribution in [3.63, 3.8) is 0 Å². The largest absolute Gasteiger partial charge is 0.481 e. The summed E-state index contributed by atoms with van der Waals surface area (Å²) >= 11 is 0. The Labute approximate surface area is 79.8 Å². The lowest BCUT2D eigenvalue weighted by atomic mass is 9.77. The number of hydrogen-bond acceptors (Lipinski definition) is 2. The Kier molecular flexibility index (Phi) is 4.99. The summed E-state index contributed by atoms with van der Waals surface area (Å²) in [5, 5.41) is 18.5. The van der Waals surface area contributed by atoms with Crippen LogP contribution in [0.3, 0.4) is 0 Å². The number of aliphatic hydroxyl groups excluding tert-OH is 1. The molecular formula is C10H20O3. The maximum atomic E-state index is 11.0. The summed E-state index contributed by atoms with van der Waals surface area (Å²) in [5.74, 6) is -0.787. The van der Waals surface area contributed by atoms with Gasteiger partial charge in [0.15, 0.2) is 0 Å². The average Bonchev–Trinajstić information content (AvgIpc) is 2.13. The third-order valence-electron chi connectivity index (χ3n) is 2.90. The molecular weight excluding hydrogens is 168 g/mol. The maximum absolute atomic E-state index is 11.0. The van der Waals surface area contributed by atoms with Crippen molar-refractivity contribution in [2.24, 2.45) is 5.41 Å². The van der Waals surface area contributed by atoms with Crippen LogP contribution in [-0.4, -0.2) is 22.3 Å². The molecule has 78 valence electrons. The van der Waals surface area contributed by atoms with Crippen LogP contribution in [0.4, 0.5) is 0 Å². The first-order valence-electron chi connectivity index (χ1n) is 4.93. The highest BCUT2D eigenvalue weighted by Crippen LogP contribution is 2.32. The summed E-state index contributed by atoms with van der Waals surface area (Å²) < 4.78 is 0. The zero-order valence-corrected chi connectivity index (χ0v) is 8.71. The second-order valence-electron chi connectivity index (χ2n) is 3.56. The van der Waals surface area contributed by atoms with Crippen molar-refractivity contribution < 1.29 is 15.0 Å². The van der Waals surface area contributed by atoms with Crippen LogP contribution in [0.1, 0.15) is 46.5 Å². The summed E-state index contributed by atoms with van der Waals surface area (Å²) in [5.41, 5.74) is -0.727. The lowest BCUT2D eigenvalue weighted by Crippen LogP contribution is -2.33. The fourth-order valence-electron chi connectivity index (χ4n) is 1.52. The Bertz CT molecular complexity index is 162. The number of carbonyl (C=O) groups is 1. The van der Waals surface area contributed by atoms with Crippen molar-refractivity contribution in [1.29, 1.82) is 0 Å². The van der Waals surface area contributed by atoms with E-state index >= 15 is 0 Å². The Hall–Kier alpha value is -0.570. The second kappa shape index (κ2) is 5.22. The Morgan fingerprint density at radius 3 is 2.00 bits per heavy atom. The lowest BCUT2D eigenvalue weighted by molar-refractivity contribution is -0.151. The van der Waals surface area contributed by atoms with E-state index in [0.717, 1.165) is 0 Å². The third kappa shape index (κ3) is 2.99. The van der Waals surface area contributed by atoms with E-state index in [1.807, 2.05) is 20.8 Å². The van der Waals surface area contributed by atoms with E-state index in [9.17, 15) is 9.90 Å². The topological polar surface area (TPSA) is 57.5 Å². The molecule has 3 heteroatoms. The zero-order chi connectivity index (χ0) is 10.5. The van der Waals surface area contributed by atoms with Gasteiger partial charge < -0.3 is 10.2 Å². The van der Waals surface area contributed by atoms with E-state index in [4.69, 9.17) is 5.11 Å². The lowest BCUT2D eigenvalue weighted by Gasteiger charge is -2.28. The number of carboxylic acid groups (broad SMARTS) is 1. The van der Waals surface area contributed by atoms with Crippen molar-refractivity contribution in [3.8, 4) is 0 Å². The van der Waals surface area contributed by atoms with Gasteiger partial charge in [0.2, 0.25) is 0 Å². The first-order valence-corrected chi connectivity index (χ1v) is 4.93. The van der Waals surface area contributed by atoms with Crippen molar-refractivity contribution in [1.82, 2.24) is 0 Å². The van der Waals surface area contributed by atoms with Gasteiger partial charge >= 0.3 is 5.97 Å². The van der Waals surface area contributed by atoms with Crippen LogP contribution < -0.4 is 0 Å². The molecule has 0 amide bonds. The summed E-state index contributed by atoms with van der Waals surface area (Å²) in [6.07, 6.45) is 1.66. The molecule has 13 heavy (non-hydrogen) atoms. The van der Waals surface area contributed by atoms with Crippen LogP contribution >= 0.6 is 0 Å². The number of carboxylic acids is 1. The van der Waals surface area contributed by atoms with E-state index in [0.29, 0.717) is 25.7 Å². The number of hydrogen-bond donors (Lipinski definition) is 2. The first kappa shape index (κ1) is 12.4. The molecule has 0 heterocycles. The molecule has 0 fully saturated rings. The van der Waals surface area contributed by atoms with Crippen LogP contribution in [0.15, 0.2) is 0 Å². The van der Waals surface area contributed by atoms with E-state index in [2.05, 4.69) is 0 Å². The van der Waals surface area contributed by atoms with Crippen molar-refractivity contribution in [3.05, 3.63) is 0 Å². The molecule has 0 saturated carbocycles. The highest BCUT2D eigenvalue weighted by molar-refractivity contribution is 5.74. The predicted molar refractivity (Wildman–Crippen MR) is 51.6 cm³/mol. The van der Waals surface area contributed by atoms with Gasteiger partial charge in [-0.3, -0.25) is 4.79 Å². The minimum absolute atomic E-state index is 0.367. The zero-order valence-electron chi connectivity index (χ0n) is 8.71. The minimum atomic E-state index is -0.787. The summed E-state index contributed by atoms with van der Waals surface area (Å²) in [7, 11) is 0. The van der Waals surface area contributed by atoms with Gasteiger partial charge in [0.25, 0.3) is 0 Å². The third-order valence-corrected chi connectivity index (χ3v) is 2.90. The molecule has 0 spiro atoms. The molecule has 0 aliphatic carbocycles. The SMILES string of the molecule is CCC(O)CC(CC)(CC)C(=O)O. The van der Waals surface area contributed by atoms with Crippen LogP contribution in [0.5, 0.6) is 0 Å². The van der Waals surface area contributed by atoms with Gasteiger partial charge in [-0.25, -0.2) is 0 Å². The van der Waals surface area contributed by atoms with E-state index in [-0.39, 0.29) is 0 Å². The highest BCUT2D eigenvalue weighted by atomic mass is 16.4. The first-order chi connectivity index (χ1) is 6.02. The molecule has 0 aromatic heterocycles. The molecule has 1 unspecified atom stereocenters. The summed E-state index contributed by atoms with van der Waals surface area (Å²) in [6, 6.07) is 0. The molecule has 0 bridgehead atoms. The van der Waals surface area contributed by atoms with Crippen molar-refractivity contribution in [2.75, 3.05) is 0 Å². The Balaban J connectivity index is 4.48. The van der Waals surface area contributed by atoms with Crippen molar-refractivity contribution in [2.45, 2.75) is 52.6 Å². The van der Waals surface area contributed by atoms with Crippen LogP contribution in [0, 0.1) is 5.41 Å². The predicted octanol–water partition coefficient (Wildman–Crippen LogP) is 2.04. The molecule has 0 rings (SSSR count). The van der Waals surface area contributed by atoms with Crippen LogP contribution in [0.2, 0.25) is 0 Å². The van der Waals surface area contributed by atoms with Crippen LogP contribution in [-0.2, 0) is 4.79 Å². The summed E-state index contributed by atoms with van der Waals surface area (Å²) in [4.78, 5) is 11.0. The molecule has 0 radical (unpaired) electrons. The van der Waals surface area contributed by atoms with Gasteiger partial charge in [0, 0.05) is 0 Å². The molecule has 0 aromatic carbocycles. The number of aliphatic carboxylic acids is 1. The standard InChI is InChI=1S/C10H20O3/c1-4-8(11)7-10(5-2,6-3)9(12)13/h8,11H,4-7H2,1-3H3,(H,12,13). The summed E-state index contributed by atoms with van der Waals surface area (Å²) in [6.45, 7) is 5.59. The molecule has 2 N–H and O–H groups in total. The number of rotatable bonds is 6. The normalized spacial score (nSPS) is 14.2. The van der Waals surface area contributed by atoms with Gasteiger partial charge in [-0.05, 0) is 25.7 Å². The molecule has 3 nitrogen and oxygen atoms in total. The molecule has 0 aromatic rings. The van der Waals surface area contributed by atoms with E-state index in [1.54, 1.807) is 0 Å². The smallest absolute Gasteiger partial charge is 0.309 e. The fourth-order valence-corrected chi connectivity index (χ4v) is 1.52. The Morgan fingerprint density at radius 1 is 1.31 bits per heavy atom. The van der Waals surface area contributed by atoms with Gasteiger partial charge in [-0.1, -0.05) is 20.8 Å². The quantitative estimate of drug-likeness (QED) is 0.670. The molecule has 0 aliphatic rings. The minimum Gasteiger partial charge on any atom is -0.481 e. The average molecular weight is 188 g/mol. The van der Waals surface area contributed by atoms with Gasteiger partial charge in [-0.15, -0.1) is 0 Å². The van der Waals surface area contributed by atoms with Crippen LogP contribution in [0.25, 0.3) is 0 Å². The number of aliphatic hydroxyl groups is 1. The van der Waals surface area contributed by atoms with Crippen molar-refractivity contribution >= 4 is 5.97 Å². The molecule has 0 aliphatic heterocycles. The molecule has 0 saturated heterocycles. The van der Waals surface area contributed by atoms with Gasteiger partial charge in [0.1, 0.15) is 0 Å². The fraction of sp³-hybridized carbons (Fsp3) is 0.900. The maximum Gasteiger partial charge on any atom is 0.309 e. The Morgan fingerprint density at radius 2 is 1.77 bits per heavy atom. The van der Waals surface area contributed by atoms with E-state index in [1.165, 1.54) is 0 Å². The second-order valence-corrected chi connectivity index (χ2v) is 3.56. The molecule has 1 atom stereocenters.